The molecule has 2 aromatic rings. The molecule has 1 amide bonds. The Morgan fingerprint density at radius 3 is 2.78 bits per heavy atom. The number of nitrogens with zero attached hydrogens (tertiary/aromatic N) is 1. The summed E-state index contributed by atoms with van der Waals surface area (Å²) in [6.45, 7) is 5.90. The zero-order valence-electron chi connectivity index (χ0n) is 10.4. The van der Waals surface area contributed by atoms with E-state index in [-0.39, 0.29) is 5.91 Å². The minimum absolute atomic E-state index is 0.390. The lowest BCUT2D eigenvalue weighted by molar-refractivity contribution is 0.100. The summed E-state index contributed by atoms with van der Waals surface area (Å²) in [5.41, 5.74) is 8.20. The number of aryl methyl sites for hydroxylation is 1. The molecule has 0 spiro atoms. The molecular formula is C12H14N2O2S2. The van der Waals surface area contributed by atoms with E-state index in [1.807, 2.05) is 13.8 Å². The number of hydrogen-bond acceptors (Lipinski definition) is 5. The lowest BCUT2D eigenvalue weighted by Gasteiger charge is -2.01. The molecule has 2 N–H and O–H groups in total. The van der Waals surface area contributed by atoms with E-state index >= 15 is 0 Å². The Labute approximate surface area is 114 Å². The third-order valence-electron chi connectivity index (χ3n) is 2.59. The molecule has 0 saturated heterocycles. The molecule has 0 atom stereocenters. The number of amides is 1. The van der Waals surface area contributed by atoms with Crippen LogP contribution in [0.3, 0.4) is 0 Å². The molecule has 18 heavy (non-hydrogen) atoms. The van der Waals surface area contributed by atoms with Gasteiger partial charge in [-0.1, -0.05) is 12.1 Å². The highest BCUT2D eigenvalue weighted by Crippen LogP contribution is 2.43. The van der Waals surface area contributed by atoms with E-state index < -0.39 is 0 Å². The summed E-state index contributed by atoms with van der Waals surface area (Å²) in [5.74, 6) is 1.27. The second-order valence-electron chi connectivity index (χ2n) is 3.85. The van der Waals surface area contributed by atoms with Crippen molar-refractivity contribution < 1.29 is 9.32 Å². The average molecular weight is 282 g/mol. The van der Waals surface area contributed by atoms with E-state index in [1.54, 1.807) is 18.0 Å². The van der Waals surface area contributed by atoms with Crippen molar-refractivity contribution in [2.24, 2.45) is 5.73 Å². The van der Waals surface area contributed by atoms with Crippen molar-refractivity contribution in [2.45, 2.75) is 25.0 Å². The van der Waals surface area contributed by atoms with Crippen LogP contribution in [-0.4, -0.2) is 16.8 Å². The average Bonchev–Trinajstić information content (AvgIpc) is 2.84. The van der Waals surface area contributed by atoms with Gasteiger partial charge >= 0.3 is 0 Å². The van der Waals surface area contributed by atoms with E-state index in [2.05, 4.69) is 12.1 Å². The standard InChI is InChI=1S/C12H14N2O2S2/c1-4-17-12-8(9-6(2)5-14-16-9)7(3)10(18-12)11(13)15/h5H,4H2,1-3H3,(H2,13,15). The van der Waals surface area contributed by atoms with Gasteiger partial charge in [0.2, 0.25) is 0 Å². The Kier molecular flexibility index (Phi) is 3.77. The van der Waals surface area contributed by atoms with E-state index in [0.29, 0.717) is 4.88 Å². The van der Waals surface area contributed by atoms with Gasteiger partial charge in [-0.2, -0.15) is 0 Å². The lowest BCUT2D eigenvalue weighted by Crippen LogP contribution is -2.10. The highest BCUT2D eigenvalue weighted by atomic mass is 32.2. The molecule has 2 rings (SSSR count). The van der Waals surface area contributed by atoms with Crippen molar-refractivity contribution in [2.75, 3.05) is 5.75 Å². The predicted octanol–water partition coefficient (Wildman–Crippen LogP) is 3.23. The third kappa shape index (κ3) is 2.18. The number of nitrogens with two attached hydrogens (primary N) is 1. The molecule has 0 aromatic carbocycles. The van der Waals surface area contributed by atoms with Gasteiger partial charge in [-0.05, 0) is 25.2 Å². The first-order chi connectivity index (χ1) is 8.56. The first-order valence-corrected chi connectivity index (χ1v) is 7.34. The topological polar surface area (TPSA) is 69.1 Å². The van der Waals surface area contributed by atoms with Crippen LogP contribution in [0.2, 0.25) is 0 Å². The summed E-state index contributed by atoms with van der Waals surface area (Å²) < 4.78 is 6.36. The molecule has 0 saturated carbocycles. The van der Waals surface area contributed by atoms with Gasteiger partial charge in [-0.3, -0.25) is 4.79 Å². The van der Waals surface area contributed by atoms with Gasteiger partial charge in [0.15, 0.2) is 5.76 Å². The van der Waals surface area contributed by atoms with Crippen LogP contribution in [0.5, 0.6) is 0 Å². The van der Waals surface area contributed by atoms with Crippen LogP contribution in [-0.2, 0) is 0 Å². The number of hydrogen-bond donors (Lipinski definition) is 1. The number of thioether (sulfide) groups is 1. The minimum Gasteiger partial charge on any atom is -0.365 e. The molecule has 0 radical (unpaired) electrons. The molecule has 0 unspecified atom stereocenters. The summed E-state index contributed by atoms with van der Waals surface area (Å²) >= 11 is 3.11. The fourth-order valence-electron chi connectivity index (χ4n) is 1.75. The zero-order chi connectivity index (χ0) is 13.3. The number of carbonyl (C=O) groups is 1. The number of rotatable bonds is 4. The van der Waals surface area contributed by atoms with Crippen LogP contribution in [0.1, 0.15) is 27.7 Å². The Hall–Kier alpha value is -1.27. The lowest BCUT2D eigenvalue weighted by atomic mass is 10.1. The van der Waals surface area contributed by atoms with Gasteiger partial charge in [0.1, 0.15) is 0 Å². The molecule has 96 valence electrons. The van der Waals surface area contributed by atoms with Gasteiger partial charge in [0.25, 0.3) is 5.91 Å². The molecule has 0 bridgehead atoms. The van der Waals surface area contributed by atoms with Crippen LogP contribution < -0.4 is 5.73 Å². The molecular weight excluding hydrogens is 268 g/mol. The SMILES string of the molecule is CCSc1sc(C(N)=O)c(C)c1-c1oncc1C. The number of thiophene rings is 1. The summed E-state index contributed by atoms with van der Waals surface area (Å²) in [6.07, 6.45) is 1.68. The van der Waals surface area contributed by atoms with E-state index in [1.165, 1.54) is 11.3 Å². The van der Waals surface area contributed by atoms with E-state index in [0.717, 1.165) is 32.4 Å². The number of carbonyl (C=O) groups excluding carboxylic acids is 1. The highest BCUT2D eigenvalue weighted by molar-refractivity contribution is 8.01. The van der Waals surface area contributed by atoms with Crippen molar-refractivity contribution in [3.63, 3.8) is 0 Å². The normalized spacial score (nSPS) is 10.8. The van der Waals surface area contributed by atoms with Crippen LogP contribution in [0, 0.1) is 13.8 Å². The molecule has 0 aliphatic rings. The maximum Gasteiger partial charge on any atom is 0.259 e. The third-order valence-corrected chi connectivity index (χ3v) is 5.05. The maximum absolute atomic E-state index is 11.4. The van der Waals surface area contributed by atoms with Gasteiger partial charge in [0.05, 0.1) is 15.3 Å². The Bertz CT molecular complexity index is 587. The molecule has 4 nitrogen and oxygen atoms in total. The minimum atomic E-state index is -0.390. The smallest absolute Gasteiger partial charge is 0.259 e. The Morgan fingerprint density at radius 1 is 1.56 bits per heavy atom. The quantitative estimate of drug-likeness (QED) is 0.874. The maximum atomic E-state index is 11.4. The highest BCUT2D eigenvalue weighted by Gasteiger charge is 2.23. The molecule has 2 heterocycles. The van der Waals surface area contributed by atoms with Gasteiger partial charge in [0, 0.05) is 11.1 Å². The van der Waals surface area contributed by atoms with Crippen molar-refractivity contribution >= 4 is 29.0 Å². The van der Waals surface area contributed by atoms with Crippen LogP contribution in [0.4, 0.5) is 0 Å². The first-order valence-electron chi connectivity index (χ1n) is 5.53. The van der Waals surface area contributed by atoms with Crippen molar-refractivity contribution in [1.29, 1.82) is 0 Å². The summed E-state index contributed by atoms with van der Waals surface area (Å²) in [6, 6.07) is 0. The molecule has 0 aliphatic heterocycles. The van der Waals surface area contributed by atoms with Crippen LogP contribution in [0.25, 0.3) is 11.3 Å². The zero-order valence-corrected chi connectivity index (χ0v) is 12.1. The summed E-state index contributed by atoms with van der Waals surface area (Å²) in [4.78, 5) is 12.0. The van der Waals surface area contributed by atoms with Gasteiger partial charge < -0.3 is 10.3 Å². The van der Waals surface area contributed by atoms with Crippen molar-refractivity contribution in [3.05, 3.63) is 22.2 Å². The molecule has 2 aromatic heterocycles. The summed E-state index contributed by atoms with van der Waals surface area (Å²) in [5, 5.41) is 3.80. The van der Waals surface area contributed by atoms with Crippen LogP contribution >= 0.6 is 23.1 Å². The Morgan fingerprint density at radius 2 is 2.28 bits per heavy atom. The molecule has 0 aliphatic carbocycles. The largest absolute Gasteiger partial charge is 0.365 e. The molecule has 6 heteroatoms. The van der Waals surface area contributed by atoms with Crippen LogP contribution in [0.15, 0.2) is 14.9 Å². The number of aromatic nitrogens is 1. The summed E-state index contributed by atoms with van der Waals surface area (Å²) in [7, 11) is 0. The van der Waals surface area contributed by atoms with Crippen molar-refractivity contribution in [1.82, 2.24) is 5.16 Å². The van der Waals surface area contributed by atoms with Gasteiger partial charge in [-0.25, -0.2) is 0 Å². The fraction of sp³-hybridized carbons (Fsp3) is 0.333. The second-order valence-corrected chi connectivity index (χ2v) is 6.41. The van der Waals surface area contributed by atoms with E-state index in [4.69, 9.17) is 10.3 Å². The van der Waals surface area contributed by atoms with Gasteiger partial charge in [-0.15, -0.1) is 23.1 Å². The molecule has 0 fully saturated rings. The Balaban J connectivity index is 2.64. The predicted molar refractivity (Wildman–Crippen MR) is 74.2 cm³/mol. The monoisotopic (exact) mass is 282 g/mol. The fourth-order valence-corrected chi connectivity index (χ4v) is 4.13. The van der Waals surface area contributed by atoms with Crippen molar-refractivity contribution in [3.8, 4) is 11.3 Å². The second kappa shape index (κ2) is 5.16. The first kappa shape index (κ1) is 13.2. The number of primary amides is 1. The van der Waals surface area contributed by atoms with E-state index in [9.17, 15) is 4.79 Å².